The van der Waals surface area contributed by atoms with Crippen LogP contribution in [-0.4, -0.2) is 19.1 Å². The molecule has 2 aromatic rings. The molecule has 144 valence electrons. The fraction of sp³-hybridized carbons (Fsp3) is 0. The molecular formula is C14H8BF2N4NaO7. The molecular weight excluding hydrogens is 408 g/mol. The van der Waals surface area contributed by atoms with Crippen molar-refractivity contribution in [1.82, 2.24) is 0 Å². The Morgan fingerprint density at radius 1 is 0.793 bits per heavy atom. The summed E-state index contributed by atoms with van der Waals surface area (Å²) < 4.78 is 32.8. The molecule has 2 aromatic carbocycles. The summed E-state index contributed by atoms with van der Waals surface area (Å²) in [5.41, 5.74) is -0.556. The molecule has 0 aliphatic heterocycles. The quantitative estimate of drug-likeness (QED) is 0.315. The van der Waals surface area contributed by atoms with Gasteiger partial charge < -0.3 is 14.5 Å². The number of nitrogens with zero attached hydrogens (tertiary/aromatic N) is 4. The van der Waals surface area contributed by atoms with E-state index in [-0.39, 0.29) is 40.7 Å². The molecule has 15 heteroatoms. The van der Waals surface area contributed by atoms with Crippen molar-refractivity contribution in [2.75, 3.05) is 0 Å². The third-order valence-corrected chi connectivity index (χ3v) is 2.93. The largest absolute Gasteiger partial charge is 1.00 e. The van der Waals surface area contributed by atoms with Gasteiger partial charge in [-0.15, -0.1) is 0 Å². The molecule has 0 N–H and O–H groups in total. The van der Waals surface area contributed by atoms with E-state index in [1.54, 1.807) is 0 Å². The van der Waals surface area contributed by atoms with Crippen LogP contribution in [0.5, 0.6) is 11.5 Å². The van der Waals surface area contributed by atoms with Crippen molar-refractivity contribution in [3.05, 3.63) is 59.7 Å². The van der Waals surface area contributed by atoms with Gasteiger partial charge in [-0.2, -0.15) is 0 Å². The van der Waals surface area contributed by atoms with Crippen LogP contribution in [0.25, 0.3) is 0 Å². The van der Waals surface area contributed by atoms with E-state index < -0.39 is 30.6 Å². The van der Waals surface area contributed by atoms with Crippen LogP contribution in [-0.2, 0) is 9.51 Å². The molecule has 29 heavy (non-hydrogen) atoms. The number of benzene rings is 2. The van der Waals surface area contributed by atoms with Gasteiger partial charge in [-0.3, -0.25) is 19.5 Å². The maximum atomic E-state index is 12.3. The minimum absolute atomic E-state index is 0. The number of rotatable bonds is 8. The molecule has 11 nitrogen and oxygen atoms in total. The van der Waals surface area contributed by atoms with E-state index >= 15 is 0 Å². The number of carbonyl (C=O) groups excluding carboxylic acids is 2. The van der Waals surface area contributed by atoms with E-state index in [1.807, 2.05) is 0 Å². The topological polar surface area (TPSA) is 144 Å². The maximum absolute atomic E-state index is 12.3. The van der Waals surface area contributed by atoms with Crippen LogP contribution in [0.3, 0.4) is 0 Å². The first kappa shape index (κ1) is 24.1. The van der Waals surface area contributed by atoms with Gasteiger partial charge in [-0.1, -0.05) is 34.5 Å². The van der Waals surface area contributed by atoms with E-state index in [0.717, 1.165) is 12.1 Å². The third-order valence-electron chi connectivity index (χ3n) is 2.93. The van der Waals surface area contributed by atoms with Gasteiger partial charge in [-0.05, 0) is 24.3 Å². The first-order valence-electron chi connectivity index (χ1n) is 7.20. The summed E-state index contributed by atoms with van der Waals surface area (Å²) in [6.07, 6.45) is 0. The van der Waals surface area contributed by atoms with Gasteiger partial charge in [0.05, 0.1) is 11.1 Å². The fourth-order valence-corrected chi connectivity index (χ4v) is 1.75. The average molecular weight is 416 g/mol. The zero-order valence-electron chi connectivity index (χ0n) is 14.6. The second-order valence-electron chi connectivity index (χ2n) is 4.62. The predicted octanol–water partition coefficient (Wildman–Crippen LogP) is -0.689. The Bertz CT molecular complexity index is 834. The number of para-hydroxylation sites is 2. The summed E-state index contributed by atoms with van der Waals surface area (Å²) in [6, 6.07) is 10.3. The van der Waals surface area contributed by atoms with Gasteiger partial charge in [0.2, 0.25) is 0 Å². The molecule has 2 rings (SSSR count). The molecule has 0 spiro atoms. The summed E-state index contributed by atoms with van der Waals surface area (Å²) in [5, 5.41) is 22.9. The summed E-state index contributed by atoms with van der Waals surface area (Å²) in [6.45, 7) is 0. The van der Waals surface area contributed by atoms with Gasteiger partial charge in [0.1, 0.15) is 0 Å². The number of hydrogen-bond donors (Lipinski definition) is 0. The van der Waals surface area contributed by atoms with Gasteiger partial charge in [0.15, 0.2) is 11.5 Å². The number of carbonyl (C=O) groups is 2. The molecule has 0 atom stereocenters. The second-order valence-corrected chi connectivity index (χ2v) is 4.62. The zero-order chi connectivity index (χ0) is 20.4. The molecule has 0 saturated heterocycles. The van der Waals surface area contributed by atoms with Crippen molar-refractivity contribution in [1.29, 1.82) is 0 Å². The minimum Gasteiger partial charge on any atom is -0.805 e. The van der Waals surface area contributed by atoms with Crippen LogP contribution < -0.4 is 44.5 Å². The predicted molar refractivity (Wildman–Crippen MR) is 82.7 cm³/mol. The van der Waals surface area contributed by atoms with Crippen molar-refractivity contribution in [3.63, 3.8) is 0 Å². The van der Waals surface area contributed by atoms with Crippen molar-refractivity contribution in [2.45, 2.75) is 0 Å². The van der Waals surface area contributed by atoms with Gasteiger partial charge in [-0.25, -0.2) is 0 Å². The summed E-state index contributed by atoms with van der Waals surface area (Å²) in [5.74, 6) is -2.96. The van der Waals surface area contributed by atoms with Crippen LogP contribution in [0.15, 0.2) is 69.3 Å². The van der Waals surface area contributed by atoms with Crippen molar-refractivity contribution in [3.8, 4) is 11.5 Å². The molecule has 0 radical (unpaired) electrons. The molecule has 0 aliphatic rings. The average Bonchev–Trinajstić information content (AvgIpc) is 2.73. The van der Waals surface area contributed by atoms with Gasteiger partial charge in [0.25, 0.3) is 0 Å². The van der Waals surface area contributed by atoms with Crippen molar-refractivity contribution < 1.29 is 72.6 Å². The molecule has 0 fully saturated rings. The Hall–Kier alpha value is -2.94. The van der Waals surface area contributed by atoms with Gasteiger partial charge in [0, 0.05) is 19.6 Å². The first-order valence-corrected chi connectivity index (χ1v) is 7.20. The smallest absolute Gasteiger partial charge is 0.805 e. The molecule has 0 aliphatic carbocycles. The second kappa shape index (κ2) is 12.5. The van der Waals surface area contributed by atoms with Crippen molar-refractivity contribution in [2.24, 2.45) is 20.8 Å². The summed E-state index contributed by atoms with van der Waals surface area (Å²) in [4.78, 5) is 30.3. The number of hydrogen-bond acceptors (Lipinski definition) is 9. The summed E-state index contributed by atoms with van der Waals surface area (Å²) >= 11 is 0. The standard InChI is InChI=1S/C14H8BF2N4O7.Na/c16-25-11-7-3-1-5-9(11)13(22)18-20-27-15(24)28-21-19-14(23)10-6-2-4-8-12(10)26-17;/h1-8H;/q-1;+1. The van der Waals surface area contributed by atoms with E-state index in [2.05, 4.69) is 40.2 Å². The minimum atomic E-state index is -2.44. The molecule has 0 aromatic heterocycles. The Morgan fingerprint density at radius 2 is 1.17 bits per heavy atom. The molecule has 2 amide bonds. The normalized spacial score (nSPS) is 10.3. The monoisotopic (exact) mass is 416 g/mol. The fourth-order valence-electron chi connectivity index (χ4n) is 1.75. The Labute approximate surface area is 183 Å². The third kappa shape index (κ3) is 7.19. The molecule has 0 saturated carbocycles. The zero-order valence-corrected chi connectivity index (χ0v) is 16.6. The first-order chi connectivity index (χ1) is 13.6. The van der Waals surface area contributed by atoms with E-state index in [0.29, 0.717) is 0 Å². The molecule has 0 heterocycles. The number of amides is 2. The van der Waals surface area contributed by atoms with Gasteiger partial charge >= 0.3 is 48.7 Å². The van der Waals surface area contributed by atoms with Crippen LogP contribution in [0.1, 0.15) is 20.7 Å². The van der Waals surface area contributed by atoms with Crippen LogP contribution >= 0.6 is 0 Å². The van der Waals surface area contributed by atoms with E-state index in [1.165, 1.54) is 36.4 Å². The molecule has 0 unspecified atom stereocenters. The maximum Gasteiger partial charge on any atom is 1.00 e. The van der Waals surface area contributed by atoms with Crippen LogP contribution in [0.2, 0.25) is 0 Å². The number of halogens is 2. The van der Waals surface area contributed by atoms with E-state index in [4.69, 9.17) is 0 Å². The van der Waals surface area contributed by atoms with Crippen molar-refractivity contribution >= 4 is 19.1 Å². The van der Waals surface area contributed by atoms with Crippen LogP contribution in [0, 0.1) is 0 Å². The Kier molecular flexibility index (Phi) is 10.4. The van der Waals surface area contributed by atoms with E-state index in [9.17, 15) is 23.7 Å². The molecule has 0 bridgehead atoms. The Morgan fingerprint density at radius 3 is 1.55 bits per heavy atom. The Balaban J connectivity index is 0.00000420. The SMILES string of the molecule is O=C(N=NOB([O-])ON=NC(=O)c1ccccc1OF)c1ccccc1OF.[Na+]. The summed E-state index contributed by atoms with van der Waals surface area (Å²) in [7, 11) is -2.44. The van der Waals surface area contributed by atoms with Crippen LogP contribution in [0.4, 0.5) is 9.05 Å².